The van der Waals surface area contributed by atoms with Crippen LogP contribution in [0.5, 0.6) is 5.75 Å². The summed E-state index contributed by atoms with van der Waals surface area (Å²) in [5.74, 6) is -5.69. The third-order valence-corrected chi connectivity index (χ3v) is 9.08. The number of phenols is 1. The van der Waals surface area contributed by atoms with Gasteiger partial charge in [0.2, 0.25) is 23.6 Å². The molecule has 0 unspecified atom stereocenters. The van der Waals surface area contributed by atoms with Crippen molar-refractivity contribution in [2.75, 3.05) is 25.1 Å². The van der Waals surface area contributed by atoms with Crippen LogP contribution in [0.1, 0.15) is 24.0 Å². The van der Waals surface area contributed by atoms with E-state index < -0.39 is 103 Å². The van der Waals surface area contributed by atoms with Crippen LogP contribution in [0.3, 0.4) is 0 Å². The number of aromatic hydroxyl groups is 1. The van der Waals surface area contributed by atoms with Crippen LogP contribution in [0, 0.1) is 0 Å². The van der Waals surface area contributed by atoms with Gasteiger partial charge in [0.15, 0.2) is 12.3 Å². The van der Waals surface area contributed by atoms with Gasteiger partial charge in [-0.2, -0.15) is 11.8 Å². The fraction of sp³-hybridized carbons (Fsp3) is 0.457. The number of carbonyl (C=O) groups is 7. The first-order chi connectivity index (χ1) is 26.6. The number of carboxylic acids is 2. The van der Waals surface area contributed by atoms with E-state index in [4.69, 9.17) is 4.74 Å². The van der Waals surface area contributed by atoms with Gasteiger partial charge >= 0.3 is 18.0 Å². The molecule has 0 bridgehead atoms. The number of hydrogen-bond acceptors (Lipinski definition) is 13. The Morgan fingerprint density at radius 3 is 1.96 bits per heavy atom. The Labute approximate surface area is 324 Å². The molecule has 20 nitrogen and oxygen atoms in total. The molecule has 6 amide bonds. The average molecular weight is 807 g/mol. The van der Waals surface area contributed by atoms with E-state index >= 15 is 0 Å². The number of carbonyl (C=O) groups excluding carboxylic acids is 5. The lowest BCUT2D eigenvalue weighted by Crippen LogP contribution is -2.65. The molecule has 0 aliphatic carbocycles. The molecule has 8 atom stereocenters. The molecule has 2 aromatic carbocycles. The lowest BCUT2D eigenvalue weighted by molar-refractivity contribution is -0.231. The summed E-state index contributed by atoms with van der Waals surface area (Å²) < 4.78 is 5.07. The van der Waals surface area contributed by atoms with E-state index in [0.29, 0.717) is 23.3 Å². The summed E-state index contributed by atoms with van der Waals surface area (Å²) in [7, 11) is 0. The second-order valence-electron chi connectivity index (χ2n) is 12.7. The van der Waals surface area contributed by atoms with Crippen LogP contribution >= 0.6 is 11.8 Å². The molecule has 21 heteroatoms. The lowest BCUT2D eigenvalue weighted by Gasteiger charge is -2.39. The summed E-state index contributed by atoms with van der Waals surface area (Å²) in [6.45, 7) is -1.26. The SMILES string of the molecule is CSCCC[C@H](NC(=O)N[C@@H]1O[C@@H](C(=O)O)[C@@H](O)[C@H](O)[C@@H]1O)C(=O)N[C@@H](Cc1ccccc1)C(=O)NCC(=O)NCC(=O)N[C@@H](Cc1ccc(O)cc1)C(=O)O. The Morgan fingerprint density at radius 2 is 1.34 bits per heavy atom. The molecular weight excluding hydrogens is 760 g/mol. The number of urea groups is 1. The summed E-state index contributed by atoms with van der Waals surface area (Å²) in [5, 5.41) is 72.6. The number of aliphatic hydroxyl groups excluding tert-OH is 3. The molecule has 0 spiro atoms. The van der Waals surface area contributed by atoms with Gasteiger partial charge in [0.25, 0.3) is 0 Å². The average Bonchev–Trinajstić information content (AvgIpc) is 3.16. The van der Waals surface area contributed by atoms with Crippen LogP contribution in [-0.2, 0) is 46.3 Å². The highest BCUT2D eigenvalue weighted by Gasteiger charge is 2.47. The van der Waals surface area contributed by atoms with Crippen LogP contribution in [0.2, 0.25) is 0 Å². The van der Waals surface area contributed by atoms with Gasteiger partial charge in [0.05, 0.1) is 13.1 Å². The summed E-state index contributed by atoms with van der Waals surface area (Å²) in [6, 6.07) is 9.22. The largest absolute Gasteiger partial charge is 0.508 e. The maximum Gasteiger partial charge on any atom is 0.335 e. The quantitative estimate of drug-likeness (QED) is 0.0600. The highest BCUT2D eigenvalue weighted by molar-refractivity contribution is 7.98. The van der Waals surface area contributed by atoms with E-state index in [9.17, 15) is 64.2 Å². The van der Waals surface area contributed by atoms with Crippen LogP contribution in [0.4, 0.5) is 4.79 Å². The molecule has 306 valence electrons. The zero-order valence-electron chi connectivity index (χ0n) is 30.1. The number of rotatable bonds is 20. The predicted molar refractivity (Wildman–Crippen MR) is 197 cm³/mol. The number of benzene rings is 2. The molecule has 0 radical (unpaired) electrons. The minimum absolute atomic E-state index is 0.0191. The first-order valence-corrected chi connectivity index (χ1v) is 18.7. The van der Waals surface area contributed by atoms with Crippen molar-refractivity contribution in [1.29, 1.82) is 0 Å². The summed E-state index contributed by atoms with van der Waals surface area (Å²) >= 11 is 1.47. The van der Waals surface area contributed by atoms with Crippen molar-refractivity contribution >= 4 is 53.4 Å². The van der Waals surface area contributed by atoms with Gasteiger partial charge in [-0.15, -0.1) is 0 Å². The molecule has 56 heavy (non-hydrogen) atoms. The van der Waals surface area contributed by atoms with Crippen molar-refractivity contribution in [2.24, 2.45) is 0 Å². The Morgan fingerprint density at radius 1 is 0.714 bits per heavy atom. The number of carboxylic acid groups (broad SMARTS) is 2. The molecule has 0 saturated carbocycles. The van der Waals surface area contributed by atoms with Gasteiger partial charge in [-0.05, 0) is 48.1 Å². The maximum absolute atomic E-state index is 13.6. The predicted octanol–water partition coefficient (Wildman–Crippen LogP) is -2.83. The highest BCUT2D eigenvalue weighted by Crippen LogP contribution is 2.20. The zero-order chi connectivity index (χ0) is 41.4. The number of hydrogen-bond donors (Lipinski definition) is 12. The van der Waals surface area contributed by atoms with Crippen molar-refractivity contribution in [3.05, 3.63) is 65.7 Å². The molecule has 3 rings (SSSR count). The number of nitrogens with one attached hydrogen (secondary N) is 6. The molecule has 1 heterocycles. The second-order valence-corrected chi connectivity index (χ2v) is 13.7. The zero-order valence-corrected chi connectivity index (χ0v) is 30.9. The maximum atomic E-state index is 13.6. The number of aliphatic carboxylic acids is 2. The van der Waals surface area contributed by atoms with E-state index in [-0.39, 0.29) is 25.0 Å². The second kappa shape index (κ2) is 22.2. The van der Waals surface area contributed by atoms with Crippen molar-refractivity contribution in [1.82, 2.24) is 31.9 Å². The number of phenolic OH excluding ortho intramolecular Hbond substituents is 1. The standard InChI is InChI=1S/C35H46N6O14S/c1-56-13-5-8-21(40-35(54)41-32-28(47)26(45)27(46)29(55-32)34(52)53)31(49)39-22(14-18-6-3-2-4-7-18)30(48)37-16-24(43)36-17-25(44)38-23(33(50)51)15-19-9-11-20(42)12-10-19/h2-4,6-7,9-12,21-23,26-29,32,42,45-47H,5,8,13-17H2,1H3,(H,36,43)(H,37,48)(H,38,44)(H,39,49)(H,50,51)(H,52,53)(H2,40,41,54)/t21-,22-,23-,26-,27-,28-,29+,32+/m0/s1. The Kier molecular flexibility index (Phi) is 17.8. The van der Waals surface area contributed by atoms with Gasteiger partial charge in [0.1, 0.15) is 42.2 Å². The summed E-state index contributed by atoms with van der Waals surface area (Å²) in [4.78, 5) is 88.1. The Hall–Kier alpha value is -5.48. The van der Waals surface area contributed by atoms with E-state index in [1.807, 2.05) is 6.26 Å². The first-order valence-electron chi connectivity index (χ1n) is 17.3. The molecule has 12 N–H and O–H groups in total. The molecule has 0 aromatic heterocycles. The highest BCUT2D eigenvalue weighted by atomic mass is 32.2. The van der Waals surface area contributed by atoms with E-state index in [0.717, 1.165) is 0 Å². The van der Waals surface area contributed by atoms with Gasteiger partial charge in [-0.1, -0.05) is 42.5 Å². The van der Waals surface area contributed by atoms with Crippen molar-refractivity contribution in [2.45, 2.75) is 74.5 Å². The van der Waals surface area contributed by atoms with E-state index in [2.05, 4.69) is 31.9 Å². The number of aliphatic hydroxyl groups is 3. The van der Waals surface area contributed by atoms with Crippen molar-refractivity contribution in [3.8, 4) is 5.75 Å². The number of amides is 6. The fourth-order valence-corrected chi connectivity index (χ4v) is 5.86. The van der Waals surface area contributed by atoms with Gasteiger partial charge in [0, 0.05) is 12.8 Å². The van der Waals surface area contributed by atoms with E-state index in [1.165, 1.54) is 36.0 Å². The van der Waals surface area contributed by atoms with Crippen LogP contribution < -0.4 is 31.9 Å². The third kappa shape index (κ3) is 14.3. The first kappa shape index (κ1) is 44.9. The number of ether oxygens (including phenoxy) is 1. The normalized spacial score (nSPS) is 20.6. The van der Waals surface area contributed by atoms with Crippen molar-refractivity contribution in [3.63, 3.8) is 0 Å². The Balaban J connectivity index is 1.63. The van der Waals surface area contributed by atoms with Gasteiger partial charge in [-0.25, -0.2) is 14.4 Å². The molecule has 1 fully saturated rings. The van der Waals surface area contributed by atoms with Gasteiger partial charge in [-0.3, -0.25) is 19.2 Å². The van der Waals surface area contributed by atoms with E-state index in [1.54, 1.807) is 30.3 Å². The molecule has 1 aliphatic heterocycles. The van der Waals surface area contributed by atoms with Crippen LogP contribution in [-0.4, -0.2) is 146 Å². The molecular formula is C35H46N6O14S. The minimum atomic E-state index is -1.99. The fourth-order valence-electron chi connectivity index (χ4n) is 5.41. The van der Waals surface area contributed by atoms with Crippen LogP contribution in [0.15, 0.2) is 54.6 Å². The Bertz CT molecular complexity index is 1670. The van der Waals surface area contributed by atoms with Crippen LogP contribution in [0.25, 0.3) is 0 Å². The summed E-state index contributed by atoms with van der Waals surface area (Å²) in [6.07, 6.45) is -7.53. The minimum Gasteiger partial charge on any atom is -0.508 e. The van der Waals surface area contributed by atoms with Gasteiger partial charge < -0.3 is 67.3 Å². The lowest BCUT2D eigenvalue weighted by atomic mass is 9.98. The smallest absolute Gasteiger partial charge is 0.335 e. The monoisotopic (exact) mass is 806 g/mol. The molecule has 1 aliphatic rings. The topological polar surface area (TPSA) is 322 Å². The van der Waals surface area contributed by atoms with Crippen molar-refractivity contribution < 1.29 is 68.9 Å². The third-order valence-electron chi connectivity index (χ3n) is 8.39. The molecule has 1 saturated heterocycles. The molecule has 2 aromatic rings. The summed E-state index contributed by atoms with van der Waals surface area (Å²) in [5.41, 5.74) is 1.15. The number of thioether (sulfide) groups is 1.